The summed E-state index contributed by atoms with van der Waals surface area (Å²) >= 11 is 5.86. The number of imidazole rings is 1. The molecule has 0 radical (unpaired) electrons. The van der Waals surface area contributed by atoms with E-state index in [1.807, 2.05) is 16.7 Å². The molecular formula is C11H10ClN7. The summed E-state index contributed by atoms with van der Waals surface area (Å²) in [6, 6.07) is 3.85. The molecule has 0 spiro atoms. The number of hydrogen-bond acceptors (Lipinski definition) is 6. The average Bonchev–Trinajstić information content (AvgIpc) is 2.82. The highest BCUT2D eigenvalue weighted by atomic mass is 35.5. The minimum atomic E-state index is 0.119. The Kier molecular flexibility index (Phi) is 2.98. The predicted molar refractivity (Wildman–Crippen MR) is 71.5 cm³/mol. The molecule has 3 N–H and O–H groups in total. The van der Waals surface area contributed by atoms with Crippen LogP contribution in [-0.2, 0) is 6.54 Å². The van der Waals surface area contributed by atoms with E-state index in [9.17, 15) is 0 Å². The molecular weight excluding hydrogens is 266 g/mol. The number of nitrogens with zero attached hydrogens (tertiary/aromatic N) is 5. The molecule has 0 fully saturated rings. The number of nitrogens with two attached hydrogens (primary N) is 1. The van der Waals surface area contributed by atoms with Gasteiger partial charge < -0.3 is 9.99 Å². The zero-order valence-electron chi connectivity index (χ0n) is 9.79. The Hall–Kier alpha value is -2.25. The van der Waals surface area contributed by atoms with E-state index in [0.29, 0.717) is 23.5 Å². The molecule has 0 aliphatic carbocycles. The fourth-order valence-electron chi connectivity index (χ4n) is 1.82. The molecule has 0 aromatic carbocycles. The van der Waals surface area contributed by atoms with Crippen LogP contribution in [-0.4, -0.2) is 24.5 Å². The van der Waals surface area contributed by atoms with E-state index in [-0.39, 0.29) is 5.28 Å². The highest BCUT2D eigenvalue weighted by Gasteiger charge is 2.11. The number of halogens is 1. The lowest BCUT2D eigenvalue weighted by Crippen LogP contribution is -2.10. The van der Waals surface area contributed by atoms with Crippen molar-refractivity contribution < 1.29 is 0 Å². The van der Waals surface area contributed by atoms with E-state index in [4.69, 9.17) is 17.4 Å². The third-order valence-corrected chi connectivity index (χ3v) is 2.82. The highest BCUT2D eigenvalue weighted by Crippen LogP contribution is 2.20. The molecule has 96 valence electrons. The first-order chi connectivity index (χ1) is 9.28. The zero-order chi connectivity index (χ0) is 13.2. The minimum absolute atomic E-state index is 0.119. The van der Waals surface area contributed by atoms with Gasteiger partial charge in [-0.2, -0.15) is 9.97 Å². The maximum atomic E-state index is 5.86. The number of pyridine rings is 1. The van der Waals surface area contributed by atoms with Gasteiger partial charge in [0.1, 0.15) is 0 Å². The summed E-state index contributed by atoms with van der Waals surface area (Å²) in [5, 5.41) is 0.119. The van der Waals surface area contributed by atoms with Crippen molar-refractivity contribution in [1.29, 1.82) is 0 Å². The summed E-state index contributed by atoms with van der Waals surface area (Å²) in [5.41, 5.74) is 4.71. The van der Waals surface area contributed by atoms with Crippen molar-refractivity contribution >= 4 is 28.6 Å². The lowest BCUT2D eigenvalue weighted by atomic mass is 10.3. The molecule has 3 rings (SSSR count). The maximum Gasteiger partial charge on any atom is 0.226 e. The topological polar surface area (TPSA) is 94.5 Å². The lowest BCUT2D eigenvalue weighted by Gasteiger charge is -2.04. The summed E-state index contributed by atoms with van der Waals surface area (Å²) in [4.78, 5) is 16.5. The second-order valence-electron chi connectivity index (χ2n) is 3.89. The van der Waals surface area contributed by atoms with Gasteiger partial charge in [0.05, 0.1) is 12.9 Å². The Balaban J connectivity index is 2.08. The van der Waals surface area contributed by atoms with E-state index in [1.165, 1.54) is 0 Å². The van der Waals surface area contributed by atoms with Crippen molar-refractivity contribution in [3.63, 3.8) is 0 Å². The fraction of sp³-hybridized carbons (Fsp3) is 0.0909. The van der Waals surface area contributed by atoms with Crippen LogP contribution in [0.25, 0.3) is 11.2 Å². The maximum absolute atomic E-state index is 5.86. The van der Waals surface area contributed by atoms with E-state index >= 15 is 0 Å². The Morgan fingerprint density at radius 2 is 2.26 bits per heavy atom. The van der Waals surface area contributed by atoms with Crippen LogP contribution in [0.2, 0.25) is 5.28 Å². The Labute approximate surface area is 113 Å². The van der Waals surface area contributed by atoms with Crippen molar-refractivity contribution in [2.75, 3.05) is 5.43 Å². The summed E-state index contributed by atoms with van der Waals surface area (Å²) in [7, 11) is 0. The number of rotatable bonds is 3. The summed E-state index contributed by atoms with van der Waals surface area (Å²) in [6.07, 6.45) is 5.19. The Morgan fingerprint density at radius 3 is 3.00 bits per heavy atom. The Morgan fingerprint density at radius 1 is 1.37 bits per heavy atom. The van der Waals surface area contributed by atoms with E-state index in [2.05, 4.69) is 25.4 Å². The molecule has 0 saturated carbocycles. The number of nitrogen functional groups attached to an aromatic ring is 1. The van der Waals surface area contributed by atoms with Crippen molar-refractivity contribution in [3.8, 4) is 0 Å². The van der Waals surface area contributed by atoms with Crippen molar-refractivity contribution in [1.82, 2.24) is 24.5 Å². The number of fused-ring (bicyclic) bond motifs is 1. The first-order valence-corrected chi connectivity index (χ1v) is 5.89. The van der Waals surface area contributed by atoms with Crippen LogP contribution in [0.15, 0.2) is 30.9 Å². The molecule has 0 atom stereocenters. The van der Waals surface area contributed by atoms with Gasteiger partial charge in [0.25, 0.3) is 0 Å². The van der Waals surface area contributed by atoms with Gasteiger partial charge in [-0.15, -0.1) is 0 Å². The molecule has 0 unspecified atom stereocenters. The summed E-state index contributed by atoms with van der Waals surface area (Å²) in [6.45, 7) is 0.599. The molecule has 8 heteroatoms. The minimum Gasteiger partial charge on any atom is -0.311 e. The fourth-order valence-corrected chi connectivity index (χ4v) is 1.99. The monoisotopic (exact) mass is 275 g/mol. The average molecular weight is 276 g/mol. The number of hydrogen-bond donors (Lipinski definition) is 2. The number of aromatic nitrogens is 5. The van der Waals surface area contributed by atoms with Crippen LogP contribution in [0, 0.1) is 0 Å². The van der Waals surface area contributed by atoms with E-state index < -0.39 is 0 Å². The first-order valence-electron chi connectivity index (χ1n) is 5.52. The molecule has 7 nitrogen and oxygen atoms in total. The van der Waals surface area contributed by atoms with Crippen LogP contribution in [0.4, 0.5) is 5.82 Å². The van der Waals surface area contributed by atoms with Gasteiger partial charge in [-0.05, 0) is 23.2 Å². The molecule has 3 aromatic rings. The van der Waals surface area contributed by atoms with Crippen molar-refractivity contribution in [2.24, 2.45) is 5.84 Å². The van der Waals surface area contributed by atoms with Crippen LogP contribution in [0.5, 0.6) is 0 Å². The van der Waals surface area contributed by atoms with Gasteiger partial charge in [-0.1, -0.05) is 6.07 Å². The molecule has 0 aliphatic heterocycles. The van der Waals surface area contributed by atoms with Crippen LogP contribution >= 0.6 is 11.6 Å². The smallest absolute Gasteiger partial charge is 0.226 e. The van der Waals surface area contributed by atoms with Crippen LogP contribution < -0.4 is 11.3 Å². The van der Waals surface area contributed by atoms with Crippen molar-refractivity contribution in [3.05, 3.63) is 41.7 Å². The zero-order valence-corrected chi connectivity index (χ0v) is 10.5. The molecule has 0 amide bonds. The Bertz CT molecular complexity index is 710. The quantitative estimate of drug-likeness (QED) is 0.424. The molecule has 19 heavy (non-hydrogen) atoms. The van der Waals surface area contributed by atoms with E-state index in [1.54, 1.807) is 18.7 Å². The lowest BCUT2D eigenvalue weighted by molar-refractivity contribution is 0.809. The van der Waals surface area contributed by atoms with Gasteiger partial charge in [0, 0.05) is 12.4 Å². The van der Waals surface area contributed by atoms with Gasteiger partial charge >= 0.3 is 0 Å². The van der Waals surface area contributed by atoms with Crippen molar-refractivity contribution in [2.45, 2.75) is 6.54 Å². The third kappa shape index (κ3) is 2.20. The summed E-state index contributed by atoms with van der Waals surface area (Å²) < 4.78 is 1.86. The molecule has 3 heterocycles. The van der Waals surface area contributed by atoms with Gasteiger partial charge in [-0.25, -0.2) is 10.8 Å². The van der Waals surface area contributed by atoms with Gasteiger partial charge in [0.15, 0.2) is 17.0 Å². The van der Waals surface area contributed by atoms with Crippen LogP contribution in [0.1, 0.15) is 5.56 Å². The number of nitrogens with one attached hydrogen (secondary N) is 1. The normalized spacial score (nSPS) is 10.8. The third-order valence-electron chi connectivity index (χ3n) is 2.65. The molecule has 0 aliphatic rings. The summed E-state index contributed by atoms with van der Waals surface area (Å²) in [5.74, 6) is 5.79. The SMILES string of the molecule is NNc1nc(Cl)nc2c1ncn2Cc1cccnc1. The second-order valence-corrected chi connectivity index (χ2v) is 4.23. The highest BCUT2D eigenvalue weighted by molar-refractivity contribution is 6.28. The largest absolute Gasteiger partial charge is 0.311 e. The van der Waals surface area contributed by atoms with Gasteiger partial charge in [0.2, 0.25) is 5.28 Å². The first kappa shape index (κ1) is 11.8. The molecule has 3 aromatic heterocycles. The molecule has 0 saturated heterocycles. The second kappa shape index (κ2) is 4.79. The number of anilines is 1. The van der Waals surface area contributed by atoms with E-state index in [0.717, 1.165) is 5.56 Å². The molecule has 0 bridgehead atoms. The predicted octanol–water partition coefficient (Wildman–Crippen LogP) is 1.21. The van der Waals surface area contributed by atoms with Crippen LogP contribution in [0.3, 0.4) is 0 Å². The van der Waals surface area contributed by atoms with Gasteiger partial charge in [-0.3, -0.25) is 4.98 Å². The standard InChI is InChI=1S/C11H10ClN7/c12-11-16-9(18-13)8-10(17-11)19(6-15-8)5-7-2-1-3-14-4-7/h1-4,6H,5,13H2,(H,16,17,18). The number of hydrazine groups is 1.